The molecule has 2 heterocycles. The Hall–Kier alpha value is -2.00. The summed E-state index contributed by atoms with van der Waals surface area (Å²) in [6.45, 7) is 8.28. The van der Waals surface area contributed by atoms with E-state index in [1.54, 1.807) is 12.1 Å². The molecule has 1 aliphatic rings. The van der Waals surface area contributed by atoms with Crippen molar-refractivity contribution in [3.8, 4) is 5.69 Å². The number of carbonyl (C=O) groups is 1. The average molecular weight is 391 g/mol. The average Bonchev–Trinajstić information content (AvgIpc) is 2.91. The molecule has 1 unspecified atom stereocenters. The molecule has 146 valence electrons. The van der Waals surface area contributed by atoms with E-state index in [9.17, 15) is 13.2 Å². The van der Waals surface area contributed by atoms with E-state index in [4.69, 9.17) is 9.88 Å². The summed E-state index contributed by atoms with van der Waals surface area (Å²) in [6, 6.07) is 8.44. The number of carbonyl (C=O) groups excluding carboxylic acids is 1. The Morgan fingerprint density at radius 3 is 2.52 bits per heavy atom. The Morgan fingerprint density at radius 2 is 1.93 bits per heavy atom. The van der Waals surface area contributed by atoms with E-state index in [0.717, 1.165) is 23.6 Å². The zero-order valence-corrected chi connectivity index (χ0v) is 16.6. The van der Waals surface area contributed by atoms with Crippen LogP contribution in [0.25, 0.3) is 5.69 Å². The third-order valence-corrected chi connectivity index (χ3v) is 5.94. The molecule has 1 aliphatic heterocycles. The molecule has 0 spiro atoms. The molecule has 8 heteroatoms. The molecule has 3 rings (SSSR count). The summed E-state index contributed by atoms with van der Waals surface area (Å²) >= 11 is 0. The first-order valence-electron chi connectivity index (χ1n) is 8.85. The van der Waals surface area contributed by atoms with Gasteiger partial charge in [-0.1, -0.05) is 0 Å². The molecule has 1 aromatic carbocycles. The number of nitrogens with two attached hydrogens (primary N) is 1. The van der Waals surface area contributed by atoms with Crippen molar-refractivity contribution in [3.63, 3.8) is 0 Å². The van der Waals surface area contributed by atoms with Crippen LogP contribution in [0.1, 0.15) is 28.7 Å². The number of aromatic nitrogens is 1. The number of aryl methyl sites for hydroxylation is 1. The number of morpholine rings is 1. The Balaban J connectivity index is 1.87. The molecule has 0 amide bonds. The van der Waals surface area contributed by atoms with E-state index >= 15 is 0 Å². The summed E-state index contributed by atoms with van der Waals surface area (Å²) in [6.07, 6.45) is 0. The summed E-state index contributed by atoms with van der Waals surface area (Å²) in [5.41, 5.74) is 3.22. The monoisotopic (exact) mass is 391 g/mol. The van der Waals surface area contributed by atoms with Crippen LogP contribution in [0.2, 0.25) is 0 Å². The van der Waals surface area contributed by atoms with Gasteiger partial charge in [-0.05, 0) is 51.1 Å². The van der Waals surface area contributed by atoms with E-state index in [0.29, 0.717) is 25.3 Å². The zero-order chi connectivity index (χ0) is 19.8. The maximum absolute atomic E-state index is 12.9. The van der Waals surface area contributed by atoms with Gasteiger partial charge in [0.25, 0.3) is 0 Å². The minimum atomic E-state index is -3.73. The van der Waals surface area contributed by atoms with Crippen LogP contribution >= 0.6 is 0 Å². The highest BCUT2D eigenvalue weighted by Gasteiger charge is 2.24. The topological polar surface area (TPSA) is 94.6 Å². The van der Waals surface area contributed by atoms with Gasteiger partial charge in [-0.2, -0.15) is 0 Å². The second-order valence-corrected chi connectivity index (χ2v) is 8.54. The van der Waals surface area contributed by atoms with Crippen molar-refractivity contribution < 1.29 is 17.9 Å². The van der Waals surface area contributed by atoms with Crippen molar-refractivity contribution in [2.45, 2.75) is 31.7 Å². The number of Topliss-reactive ketones (excluding diaryl/α,β-unsaturated/α-hetero) is 1. The number of hydrogen-bond acceptors (Lipinski definition) is 5. The first-order valence-corrected chi connectivity index (χ1v) is 10.4. The van der Waals surface area contributed by atoms with E-state index in [1.807, 2.05) is 24.5 Å². The maximum atomic E-state index is 12.9. The van der Waals surface area contributed by atoms with Gasteiger partial charge < -0.3 is 9.30 Å². The summed E-state index contributed by atoms with van der Waals surface area (Å²) < 4.78 is 30.2. The molecule has 0 saturated carbocycles. The quantitative estimate of drug-likeness (QED) is 0.782. The van der Waals surface area contributed by atoms with Gasteiger partial charge in [-0.3, -0.25) is 9.69 Å². The Bertz CT molecular complexity index is 948. The summed E-state index contributed by atoms with van der Waals surface area (Å²) in [7, 11) is -3.73. The van der Waals surface area contributed by atoms with Crippen LogP contribution in [0.4, 0.5) is 0 Å². The highest BCUT2D eigenvalue weighted by molar-refractivity contribution is 7.89. The van der Waals surface area contributed by atoms with Gasteiger partial charge in [0.15, 0.2) is 5.78 Å². The fourth-order valence-corrected chi connectivity index (χ4v) is 4.01. The molecule has 1 atom stereocenters. The molecule has 0 radical (unpaired) electrons. The van der Waals surface area contributed by atoms with Crippen molar-refractivity contribution in [2.24, 2.45) is 5.14 Å². The molecule has 1 saturated heterocycles. The van der Waals surface area contributed by atoms with Crippen molar-refractivity contribution in [1.82, 2.24) is 9.47 Å². The number of hydrogen-bond donors (Lipinski definition) is 1. The maximum Gasteiger partial charge on any atom is 0.238 e. The number of benzene rings is 1. The molecule has 2 N–H and O–H groups in total. The van der Waals surface area contributed by atoms with Crippen molar-refractivity contribution in [1.29, 1.82) is 0 Å². The predicted octanol–water partition coefficient (Wildman–Crippen LogP) is 1.64. The Labute approximate surface area is 159 Å². The van der Waals surface area contributed by atoms with E-state index in [2.05, 4.69) is 11.8 Å². The first-order chi connectivity index (χ1) is 12.7. The summed E-state index contributed by atoms with van der Waals surface area (Å²) in [5.74, 6) is 0.0734. The third-order valence-electron chi connectivity index (χ3n) is 5.01. The highest BCUT2D eigenvalue weighted by atomic mass is 32.2. The molecular weight excluding hydrogens is 366 g/mol. The van der Waals surface area contributed by atoms with Crippen LogP contribution in [0.15, 0.2) is 35.2 Å². The molecule has 7 nitrogen and oxygen atoms in total. The smallest absolute Gasteiger partial charge is 0.238 e. The molecule has 1 aromatic heterocycles. The van der Waals surface area contributed by atoms with Crippen LogP contribution in [-0.2, 0) is 14.8 Å². The van der Waals surface area contributed by atoms with Crippen molar-refractivity contribution >= 4 is 15.8 Å². The van der Waals surface area contributed by atoms with Crippen molar-refractivity contribution in [2.75, 3.05) is 26.3 Å². The van der Waals surface area contributed by atoms with Gasteiger partial charge in [0.05, 0.1) is 24.7 Å². The summed E-state index contributed by atoms with van der Waals surface area (Å²) in [5, 5.41) is 5.16. The van der Waals surface area contributed by atoms with Gasteiger partial charge in [0.2, 0.25) is 10.0 Å². The fraction of sp³-hybridized carbons (Fsp3) is 0.421. The Kier molecular flexibility index (Phi) is 5.53. The minimum absolute atomic E-state index is 0.0614. The van der Waals surface area contributed by atoms with Gasteiger partial charge >= 0.3 is 0 Å². The number of primary sulfonamides is 1. The SMILES string of the molecule is Cc1cc(C(=O)CN2CCOCC2C)c(C)n1-c1ccc(S(N)(=O)=O)cc1. The number of nitrogens with zero attached hydrogens (tertiary/aromatic N) is 2. The molecular formula is C19H25N3O4S. The van der Waals surface area contributed by atoms with Crippen LogP contribution in [0, 0.1) is 13.8 Å². The predicted molar refractivity (Wildman–Crippen MR) is 103 cm³/mol. The van der Waals surface area contributed by atoms with Gasteiger partial charge in [-0.25, -0.2) is 13.6 Å². The molecule has 1 fully saturated rings. The fourth-order valence-electron chi connectivity index (χ4n) is 3.49. The normalized spacial score (nSPS) is 18.6. The van der Waals surface area contributed by atoms with Gasteiger partial charge in [0.1, 0.15) is 0 Å². The molecule has 2 aromatic rings. The van der Waals surface area contributed by atoms with Crippen LogP contribution in [0.5, 0.6) is 0 Å². The molecule has 0 aliphatic carbocycles. The Morgan fingerprint density at radius 1 is 1.26 bits per heavy atom. The zero-order valence-electron chi connectivity index (χ0n) is 15.8. The lowest BCUT2D eigenvalue weighted by molar-refractivity contribution is 0.00200. The van der Waals surface area contributed by atoms with E-state index < -0.39 is 10.0 Å². The van der Waals surface area contributed by atoms with Crippen LogP contribution in [-0.4, -0.2) is 56.0 Å². The molecule has 27 heavy (non-hydrogen) atoms. The second-order valence-electron chi connectivity index (χ2n) is 6.98. The van der Waals surface area contributed by atoms with Gasteiger partial charge in [0, 0.05) is 35.2 Å². The lowest BCUT2D eigenvalue weighted by Crippen LogP contribution is -2.46. The van der Waals surface area contributed by atoms with Crippen LogP contribution in [0.3, 0.4) is 0 Å². The largest absolute Gasteiger partial charge is 0.379 e. The second kappa shape index (κ2) is 7.55. The van der Waals surface area contributed by atoms with E-state index in [1.165, 1.54) is 12.1 Å². The lowest BCUT2D eigenvalue weighted by Gasteiger charge is -2.32. The highest BCUT2D eigenvalue weighted by Crippen LogP contribution is 2.23. The lowest BCUT2D eigenvalue weighted by atomic mass is 10.1. The molecule has 0 bridgehead atoms. The number of ether oxygens (including phenoxy) is 1. The number of ketones is 1. The van der Waals surface area contributed by atoms with E-state index in [-0.39, 0.29) is 16.7 Å². The third kappa shape index (κ3) is 4.14. The summed E-state index contributed by atoms with van der Waals surface area (Å²) in [4.78, 5) is 15.1. The minimum Gasteiger partial charge on any atom is -0.379 e. The number of rotatable bonds is 5. The van der Waals surface area contributed by atoms with Crippen LogP contribution < -0.4 is 5.14 Å². The standard InChI is InChI=1S/C19H25N3O4S/c1-13-10-18(19(23)11-21-8-9-26-12-14(21)2)15(3)22(13)16-4-6-17(7-5-16)27(20,24)25/h4-7,10,14H,8-9,11-12H2,1-3H3,(H2,20,24,25). The first kappa shape index (κ1) is 19.8. The number of sulfonamides is 1. The van der Waals surface area contributed by atoms with Crippen molar-refractivity contribution in [3.05, 3.63) is 47.3 Å². The van der Waals surface area contributed by atoms with Gasteiger partial charge in [-0.15, -0.1) is 0 Å².